The fraction of sp³-hybridized carbons (Fsp3) is 0.316. The van der Waals surface area contributed by atoms with Crippen LogP contribution in [0, 0.1) is 11.6 Å². The number of hydrogen-bond acceptors (Lipinski definition) is 3. The second-order valence-corrected chi connectivity index (χ2v) is 9.65. The summed E-state index contributed by atoms with van der Waals surface area (Å²) in [6.07, 6.45) is -0.189. The Kier molecular flexibility index (Phi) is 5.42. The monoisotopic (exact) mass is 366 g/mol. The van der Waals surface area contributed by atoms with Crippen molar-refractivity contribution >= 4 is 15.6 Å². The van der Waals surface area contributed by atoms with Crippen molar-refractivity contribution in [2.45, 2.75) is 37.7 Å². The largest absolute Gasteiger partial charge is 0.294 e. The second-order valence-electron chi connectivity index (χ2n) is 6.90. The number of hydrogen-bond donors (Lipinski definition) is 0. The highest BCUT2D eigenvalue weighted by Crippen LogP contribution is 2.21. The molecule has 0 saturated heterocycles. The van der Waals surface area contributed by atoms with Crippen molar-refractivity contribution in [3.63, 3.8) is 0 Å². The summed E-state index contributed by atoms with van der Waals surface area (Å²) in [5, 5.41) is 0. The number of sulfone groups is 1. The number of halogens is 2. The molecule has 2 aromatic rings. The first-order valence-electron chi connectivity index (χ1n) is 7.78. The molecule has 2 rings (SSSR count). The molecule has 0 spiro atoms. The van der Waals surface area contributed by atoms with E-state index in [2.05, 4.69) is 0 Å². The van der Waals surface area contributed by atoms with Crippen molar-refractivity contribution in [3.05, 3.63) is 70.8 Å². The van der Waals surface area contributed by atoms with Gasteiger partial charge in [-0.2, -0.15) is 0 Å². The third kappa shape index (κ3) is 4.72. The summed E-state index contributed by atoms with van der Waals surface area (Å²) in [6.45, 7) is 4.91. The SMILES string of the molecule is CC(C)(C)S(=O)(=O)Cc1ccc(C(=O)Cc2ccc(F)cc2F)cc1. The average molecular weight is 366 g/mol. The van der Waals surface area contributed by atoms with Crippen LogP contribution in [-0.4, -0.2) is 18.9 Å². The molecule has 2 aromatic carbocycles. The predicted octanol–water partition coefficient (Wildman–Crippen LogP) is 4.10. The molecule has 6 heteroatoms. The van der Waals surface area contributed by atoms with Crippen LogP contribution < -0.4 is 0 Å². The van der Waals surface area contributed by atoms with Crippen molar-refractivity contribution in [1.29, 1.82) is 0 Å². The van der Waals surface area contributed by atoms with Crippen LogP contribution >= 0.6 is 0 Å². The third-order valence-electron chi connectivity index (χ3n) is 3.93. The molecule has 0 radical (unpaired) electrons. The van der Waals surface area contributed by atoms with Crippen molar-refractivity contribution in [2.24, 2.45) is 0 Å². The zero-order valence-electron chi connectivity index (χ0n) is 14.3. The first-order chi connectivity index (χ1) is 11.5. The van der Waals surface area contributed by atoms with Gasteiger partial charge in [0.25, 0.3) is 0 Å². The minimum atomic E-state index is -3.31. The van der Waals surface area contributed by atoms with Crippen molar-refractivity contribution in [3.8, 4) is 0 Å². The Hall–Kier alpha value is -2.08. The van der Waals surface area contributed by atoms with E-state index in [9.17, 15) is 22.0 Å². The van der Waals surface area contributed by atoms with Gasteiger partial charge in [-0.05, 0) is 38.0 Å². The molecule has 0 bridgehead atoms. The third-order valence-corrected chi connectivity index (χ3v) is 6.51. The number of ketones is 1. The lowest BCUT2D eigenvalue weighted by molar-refractivity contribution is 0.0991. The number of Topliss-reactive ketones (excluding diaryl/α,β-unsaturated/α-hetero) is 1. The van der Waals surface area contributed by atoms with Crippen LogP contribution in [0.15, 0.2) is 42.5 Å². The summed E-state index contributed by atoms with van der Waals surface area (Å²) in [5.74, 6) is -1.90. The lowest BCUT2D eigenvalue weighted by Gasteiger charge is -2.19. The van der Waals surface area contributed by atoms with Gasteiger partial charge in [0, 0.05) is 18.1 Å². The lowest BCUT2D eigenvalue weighted by atomic mass is 10.0. The topological polar surface area (TPSA) is 51.2 Å². The highest BCUT2D eigenvalue weighted by atomic mass is 32.2. The Bertz CT molecular complexity index is 880. The Morgan fingerprint density at radius 2 is 1.60 bits per heavy atom. The van der Waals surface area contributed by atoms with Gasteiger partial charge >= 0.3 is 0 Å². The Labute approximate surface area is 146 Å². The average Bonchev–Trinajstić information content (AvgIpc) is 2.49. The standard InChI is InChI=1S/C19H20F2O3S/c1-19(2,3)25(23,24)12-13-4-6-14(7-5-13)18(22)10-15-8-9-16(20)11-17(15)21/h4-9,11H,10,12H2,1-3H3. The van der Waals surface area contributed by atoms with Crippen LogP contribution in [0.4, 0.5) is 8.78 Å². The van der Waals surface area contributed by atoms with Gasteiger partial charge in [-0.3, -0.25) is 4.79 Å². The first-order valence-corrected chi connectivity index (χ1v) is 9.43. The molecule has 0 aliphatic heterocycles. The van der Waals surface area contributed by atoms with Crippen LogP contribution in [0.1, 0.15) is 42.3 Å². The van der Waals surface area contributed by atoms with E-state index in [0.29, 0.717) is 11.1 Å². The number of carbonyl (C=O) groups is 1. The minimum Gasteiger partial charge on any atom is -0.294 e. The molecule has 134 valence electrons. The van der Waals surface area contributed by atoms with Gasteiger partial charge < -0.3 is 0 Å². The normalized spacial score (nSPS) is 12.2. The van der Waals surface area contributed by atoms with Crippen LogP contribution in [0.3, 0.4) is 0 Å². The zero-order chi connectivity index (χ0) is 18.8. The van der Waals surface area contributed by atoms with Crippen molar-refractivity contribution in [1.82, 2.24) is 0 Å². The molecule has 3 nitrogen and oxygen atoms in total. The summed E-state index contributed by atoms with van der Waals surface area (Å²) in [4.78, 5) is 12.2. The van der Waals surface area contributed by atoms with Crippen LogP contribution in [0.25, 0.3) is 0 Å². The number of benzene rings is 2. The molecular weight excluding hydrogens is 346 g/mol. The second kappa shape index (κ2) is 7.04. The molecule has 0 aliphatic carbocycles. The molecule has 0 atom stereocenters. The van der Waals surface area contributed by atoms with Gasteiger partial charge in [-0.1, -0.05) is 30.3 Å². The van der Waals surface area contributed by atoms with Crippen molar-refractivity contribution < 1.29 is 22.0 Å². The van der Waals surface area contributed by atoms with E-state index < -0.39 is 26.2 Å². The maximum Gasteiger partial charge on any atom is 0.167 e. The van der Waals surface area contributed by atoms with Gasteiger partial charge in [0.1, 0.15) is 11.6 Å². The smallest absolute Gasteiger partial charge is 0.167 e. The molecule has 25 heavy (non-hydrogen) atoms. The van der Waals surface area contributed by atoms with E-state index in [1.165, 1.54) is 18.2 Å². The van der Waals surface area contributed by atoms with E-state index >= 15 is 0 Å². The minimum absolute atomic E-state index is 0.114. The van der Waals surface area contributed by atoms with E-state index in [-0.39, 0.29) is 23.5 Å². The van der Waals surface area contributed by atoms with Gasteiger partial charge in [-0.25, -0.2) is 17.2 Å². The molecular formula is C19H20F2O3S. The molecule has 0 amide bonds. The summed E-state index contributed by atoms with van der Waals surface area (Å²) in [5.41, 5.74) is 1.05. The molecule has 0 aliphatic rings. The maximum atomic E-state index is 13.6. The van der Waals surface area contributed by atoms with E-state index in [1.54, 1.807) is 32.9 Å². The van der Waals surface area contributed by atoms with Gasteiger partial charge in [0.05, 0.1) is 10.5 Å². The first kappa shape index (κ1) is 19.2. The fourth-order valence-corrected chi connectivity index (χ4v) is 3.23. The molecule has 0 aromatic heterocycles. The van der Waals surface area contributed by atoms with Gasteiger partial charge in [-0.15, -0.1) is 0 Å². The van der Waals surface area contributed by atoms with E-state index in [4.69, 9.17) is 0 Å². The predicted molar refractivity (Wildman–Crippen MR) is 93.2 cm³/mol. The maximum absolute atomic E-state index is 13.6. The quantitative estimate of drug-likeness (QED) is 0.749. The summed E-state index contributed by atoms with van der Waals surface area (Å²) < 4.78 is 50.1. The van der Waals surface area contributed by atoms with Crippen LogP contribution in [-0.2, 0) is 22.0 Å². The molecule has 0 heterocycles. The number of carbonyl (C=O) groups excluding carboxylic acids is 1. The molecule has 0 N–H and O–H groups in total. The Morgan fingerprint density at radius 1 is 1.00 bits per heavy atom. The summed E-state index contributed by atoms with van der Waals surface area (Å²) in [6, 6.07) is 9.30. The van der Waals surface area contributed by atoms with Gasteiger partial charge in [0.2, 0.25) is 0 Å². The summed E-state index contributed by atoms with van der Waals surface area (Å²) >= 11 is 0. The van der Waals surface area contributed by atoms with Crippen LogP contribution in [0.2, 0.25) is 0 Å². The zero-order valence-corrected chi connectivity index (χ0v) is 15.2. The highest BCUT2D eigenvalue weighted by molar-refractivity contribution is 7.91. The summed E-state index contributed by atoms with van der Waals surface area (Å²) in [7, 11) is -3.31. The fourth-order valence-electron chi connectivity index (χ4n) is 2.16. The molecule has 0 unspecified atom stereocenters. The lowest BCUT2D eigenvalue weighted by Crippen LogP contribution is -2.29. The van der Waals surface area contributed by atoms with Crippen LogP contribution in [0.5, 0.6) is 0 Å². The van der Waals surface area contributed by atoms with E-state index in [0.717, 1.165) is 12.1 Å². The van der Waals surface area contributed by atoms with E-state index in [1.807, 2.05) is 0 Å². The van der Waals surface area contributed by atoms with Gasteiger partial charge in [0.15, 0.2) is 15.6 Å². The molecule has 0 fully saturated rings. The highest BCUT2D eigenvalue weighted by Gasteiger charge is 2.28. The van der Waals surface area contributed by atoms with Crippen molar-refractivity contribution in [2.75, 3.05) is 0 Å². The Balaban J connectivity index is 2.13. The number of rotatable bonds is 5. The Morgan fingerprint density at radius 3 is 2.12 bits per heavy atom. The molecule has 0 saturated carbocycles.